The number of nitrogens with one attached hydrogen (secondary N) is 2. The summed E-state index contributed by atoms with van der Waals surface area (Å²) in [7, 11) is 0. The second-order valence-electron chi connectivity index (χ2n) is 6.07. The van der Waals surface area contributed by atoms with Gasteiger partial charge in [-0.1, -0.05) is 48.0 Å². The van der Waals surface area contributed by atoms with Crippen molar-refractivity contribution in [2.45, 2.75) is 6.17 Å². The molecule has 0 aliphatic rings. The number of halogens is 1. The third-order valence-corrected chi connectivity index (χ3v) is 4.47. The van der Waals surface area contributed by atoms with Gasteiger partial charge >= 0.3 is 0 Å². The summed E-state index contributed by atoms with van der Waals surface area (Å²) in [5.74, 6) is -0.932. The fourth-order valence-electron chi connectivity index (χ4n) is 2.67. The van der Waals surface area contributed by atoms with Crippen molar-refractivity contribution in [3.05, 3.63) is 111 Å². The van der Waals surface area contributed by atoms with E-state index in [1.165, 1.54) is 18.2 Å². The highest BCUT2D eigenvalue weighted by molar-refractivity contribution is 6.31. The predicted molar refractivity (Wildman–Crippen MR) is 109 cm³/mol. The lowest BCUT2D eigenvalue weighted by Gasteiger charge is -2.22. The molecule has 0 heterocycles. The minimum Gasteiger partial charge on any atom is -0.328 e. The monoisotopic (exact) mass is 409 g/mol. The Morgan fingerprint density at radius 2 is 1.31 bits per heavy atom. The number of hydrogen-bond acceptors (Lipinski definition) is 4. The number of rotatable bonds is 6. The summed E-state index contributed by atoms with van der Waals surface area (Å²) in [6.07, 6.45) is -1.08. The van der Waals surface area contributed by atoms with E-state index in [4.69, 9.17) is 11.6 Å². The average Bonchev–Trinajstić information content (AvgIpc) is 2.74. The fourth-order valence-corrected chi connectivity index (χ4v) is 2.89. The van der Waals surface area contributed by atoms with Gasteiger partial charge in [-0.3, -0.25) is 19.7 Å². The zero-order valence-electron chi connectivity index (χ0n) is 15.0. The molecular weight excluding hydrogens is 394 g/mol. The second-order valence-corrected chi connectivity index (χ2v) is 6.48. The van der Waals surface area contributed by atoms with E-state index in [2.05, 4.69) is 10.6 Å². The molecule has 3 rings (SSSR count). The molecule has 146 valence electrons. The summed E-state index contributed by atoms with van der Waals surface area (Å²) in [5, 5.41) is 16.7. The Morgan fingerprint density at radius 1 is 0.828 bits per heavy atom. The largest absolute Gasteiger partial charge is 0.328 e. The van der Waals surface area contributed by atoms with Crippen LogP contribution in [0.5, 0.6) is 0 Å². The summed E-state index contributed by atoms with van der Waals surface area (Å²) >= 11 is 6.23. The standard InChI is InChI=1S/C21H16ClN3O4/c22-18-12-11-16(25(28)29)13-17(18)19(23-20(26)14-7-3-1-4-8-14)24-21(27)15-9-5-2-6-10-15/h1-13,19H,(H,23,26)(H,24,27). The highest BCUT2D eigenvalue weighted by atomic mass is 35.5. The molecule has 0 saturated carbocycles. The van der Waals surface area contributed by atoms with Gasteiger partial charge in [0.2, 0.25) is 0 Å². The zero-order valence-corrected chi connectivity index (χ0v) is 15.8. The van der Waals surface area contributed by atoms with Crippen LogP contribution in [0.2, 0.25) is 5.02 Å². The van der Waals surface area contributed by atoms with Crippen molar-refractivity contribution in [3.63, 3.8) is 0 Å². The maximum Gasteiger partial charge on any atom is 0.269 e. The van der Waals surface area contributed by atoms with E-state index in [9.17, 15) is 19.7 Å². The molecule has 2 amide bonds. The number of amides is 2. The van der Waals surface area contributed by atoms with Crippen molar-refractivity contribution >= 4 is 29.1 Å². The highest BCUT2D eigenvalue weighted by Gasteiger charge is 2.23. The van der Waals surface area contributed by atoms with Gasteiger partial charge in [-0.05, 0) is 30.3 Å². The van der Waals surface area contributed by atoms with Gasteiger partial charge < -0.3 is 10.6 Å². The lowest BCUT2D eigenvalue weighted by atomic mass is 10.1. The Balaban J connectivity index is 1.95. The lowest BCUT2D eigenvalue weighted by Crippen LogP contribution is -2.41. The molecule has 3 aromatic carbocycles. The van der Waals surface area contributed by atoms with Gasteiger partial charge in [0.25, 0.3) is 17.5 Å². The van der Waals surface area contributed by atoms with Crippen LogP contribution in [0.15, 0.2) is 78.9 Å². The van der Waals surface area contributed by atoms with E-state index in [1.807, 2.05) is 0 Å². The quantitative estimate of drug-likeness (QED) is 0.363. The van der Waals surface area contributed by atoms with E-state index in [1.54, 1.807) is 60.7 Å². The van der Waals surface area contributed by atoms with Gasteiger partial charge in [0.1, 0.15) is 6.17 Å². The number of carbonyl (C=O) groups excluding carboxylic acids is 2. The van der Waals surface area contributed by atoms with Gasteiger partial charge in [0, 0.05) is 33.8 Å². The molecule has 3 aromatic rings. The topological polar surface area (TPSA) is 101 Å². The van der Waals surface area contributed by atoms with E-state index < -0.39 is 22.9 Å². The minimum atomic E-state index is -1.08. The summed E-state index contributed by atoms with van der Waals surface area (Å²) in [6, 6.07) is 20.6. The maximum atomic E-state index is 12.6. The molecule has 0 fully saturated rings. The Bertz CT molecular complexity index is 989. The van der Waals surface area contributed by atoms with Crippen LogP contribution in [0, 0.1) is 10.1 Å². The van der Waals surface area contributed by atoms with Crippen molar-refractivity contribution in [1.82, 2.24) is 10.6 Å². The summed E-state index contributed by atoms with van der Waals surface area (Å²) in [6.45, 7) is 0. The van der Waals surface area contributed by atoms with E-state index >= 15 is 0 Å². The van der Waals surface area contributed by atoms with E-state index in [-0.39, 0.29) is 16.3 Å². The van der Waals surface area contributed by atoms with Crippen LogP contribution in [0.25, 0.3) is 0 Å². The van der Waals surface area contributed by atoms with Crippen LogP contribution < -0.4 is 10.6 Å². The first-order chi connectivity index (χ1) is 14.0. The number of carbonyl (C=O) groups is 2. The molecule has 0 aliphatic heterocycles. The van der Waals surface area contributed by atoms with Crippen molar-refractivity contribution in [2.24, 2.45) is 0 Å². The first-order valence-electron chi connectivity index (χ1n) is 8.61. The van der Waals surface area contributed by atoms with Gasteiger partial charge in [-0.2, -0.15) is 0 Å². The van der Waals surface area contributed by atoms with Crippen molar-refractivity contribution in [2.75, 3.05) is 0 Å². The fraction of sp³-hybridized carbons (Fsp3) is 0.0476. The third-order valence-electron chi connectivity index (χ3n) is 4.12. The van der Waals surface area contributed by atoms with Crippen LogP contribution in [-0.4, -0.2) is 16.7 Å². The zero-order chi connectivity index (χ0) is 20.8. The van der Waals surface area contributed by atoms with Crippen LogP contribution in [0.1, 0.15) is 32.4 Å². The summed E-state index contributed by atoms with van der Waals surface area (Å²) in [4.78, 5) is 35.9. The van der Waals surface area contributed by atoms with Crippen molar-refractivity contribution < 1.29 is 14.5 Å². The Labute approximate surface area is 171 Å². The first kappa shape index (κ1) is 20.0. The molecule has 0 bridgehead atoms. The van der Waals surface area contributed by atoms with Crippen LogP contribution in [0.4, 0.5) is 5.69 Å². The summed E-state index contributed by atoms with van der Waals surface area (Å²) in [5.41, 5.74) is 0.729. The van der Waals surface area contributed by atoms with E-state index in [0.29, 0.717) is 11.1 Å². The Hall–Kier alpha value is -3.71. The Morgan fingerprint density at radius 3 is 1.76 bits per heavy atom. The van der Waals surface area contributed by atoms with Crippen LogP contribution in [-0.2, 0) is 0 Å². The number of nitrogens with zero attached hydrogens (tertiary/aromatic N) is 1. The van der Waals surface area contributed by atoms with Crippen molar-refractivity contribution in [1.29, 1.82) is 0 Å². The number of nitro groups is 1. The third kappa shape index (κ3) is 4.97. The van der Waals surface area contributed by atoms with Crippen LogP contribution >= 0.6 is 11.6 Å². The number of benzene rings is 3. The molecule has 29 heavy (non-hydrogen) atoms. The molecule has 2 N–H and O–H groups in total. The molecule has 0 spiro atoms. The highest BCUT2D eigenvalue weighted by Crippen LogP contribution is 2.27. The van der Waals surface area contributed by atoms with Gasteiger partial charge in [-0.25, -0.2) is 0 Å². The second kappa shape index (κ2) is 8.99. The molecule has 0 aliphatic carbocycles. The number of hydrogen-bond donors (Lipinski definition) is 2. The minimum absolute atomic E-state index is 0.169. The van der Waals surface area contributed by atoms with Gasteiger partial charge in [-0.15, -0.1) is 0 Å². The molecule has 0 saturated heterocycles. The van der Waals surface area contributed by atoms with Crippen LogP contribution in [0.3, 0.4) is 0 Å². The predicted octanol–water partition coefficient (Wildman–Crippen LogP) is 4.11. The molecule has 0 atom stereocenters. The molecule has 8 heteroatoms. The SMILES string of the molecule is O=C(NC(NC(=O)c1ccccc1)c1cc([N+](=O)[O-])ccc1Cl)c1ccccc1. The molecular formula is C21H16ClN3O4. The molecule has 0 radical (unpaired) electrons. The Kier molecular flexibility index (Phi) is 6.21. The number of nitro benzene ring substituents is 1. The van der Waals surface area contributed by atoms with E-state index in [0.717, 1.165) is 0 Å². The maximum absolute atomic E-state index is 12.6. The lowest BCUT2D eigenvalue weighted by molar-refractivity contribution is -0.384. The van der Waals surface area contributed by atoms with Crippen molar-refractivity contribution in [3.8, 4) is 0 Å². The first-order valence-corrected chi connectivity index (χ1v) is 8.99. The van der Waals surface area contributed by atoms with Gasteiger partial charge in [0.15, 0.2) is 0 Å². The molecule has 0 aromatic heterocycles. The molecule has 0 unspecified atom stereocenters. The smallest absolute Gasteiger partial charge is 0.269 e. The number of non-ortho nitro benzene ring substituents is 1. The normalized spacial score (nSPS) is 10.4. The van der Waals surface area contributed by atoms with Gasteiger partial charge in [0.05, 0.1) is 4.92 Å². The average molecular weight is 410 g/mol. The molecule has 7 nitrogen and oxygen atoms in total. The summed E-state index contributed by atoms with van der Waals surface area (Å²) < 4.78 is 0.